The fourth-order valence-corrected chi connectivity index (χ4v) is 3.85. The number of fused-ring (bicyclic) bond motifs is 1. The Hall–Kier alpha value is -2.34. The number of aliphatic hydroxyl groups is 4. The van der Waals surface area contributed by atoms with Crippen molar-refractivity contribution in [2.45, 2.75) is 71.9 Å². The Balaban J connectivity index is 2.29. The standard InChI is InChI=1S/C19H31N7O4/c1-11(27)25(12(2)28)17-16-15(20-10-21-17)18(24-8-6-5-7-9-24)23-19(22-16)26(13(3)29)14(4)30/h10-14,27-30H,5-9H2,1-4H3. The van der Waals surface area contributed by atoms with Crippen LogP contribution in [0.1, 0.15) is 47.0 Å². The number of hydrogen-bond acceptors (Lipinski definition) is 11. The lowest BCUT2D eigenvalue weighted by molar-refractivity contribution is 0.102. The van der Waals surface area contributed by atoms with Crippen LogP contribution < -0.4 is 14.7 Å². The number of piperidine rings is 1. The number of aliphatic hydroxyl groups excluding tert-OH is 4. The van der Waals surface area contributed by atoms with Crippen LogP contribution in [0.4, 0.5) is 17.6 Å². The van der Waals surface area contributed by atoms with E-state index in [-0.39, 0.29) is 11.8 Å². The van der Waals surface area contributed by atoms with Gasteiger partial charge in [0.1, 0.15) is 42.3 Å². The highest BCUT2D eigenvalue weighted by molar-refractivity contribution is 5.94. The molecular formula is C19H31N7O4. The summed E-state index contributed by atoms with van der Waals surface area (Å²) in [6.45, 7) is 7.66. The van der Waals surface area contributed by atoms with E-state index in [0.717, 1.165) is 32.4 Å². The van der Waals surface area contributed by atoms with Gasteiger partial charge in [0.2, 0.25) is 5.95 Å². The first kappa shape index (κ1) is 22.3. The van der Waals surface area contributed by atoms with Crippen LogP contribution in [0.3, 0.4) is 0 Å². The third kappa shape index (κ3) is 4.38. The molecule has 11 heteroatoms. The van der Waals surface area contributed by atoms with Gasteiger partial charge in [-0.25, -0.2) is 15.0 Å². The molecule has 4 N–H and O–H groups in total. The molecule has 11 nitrogen and oxygen atoms in total. The molecule has 4 unspecified atom stereocenters. The number of anilines is 3. The van der Waals surface area contributed by atoms with E-state index in [1.54, 1.807) is 0 Å². The molecule has 0 bridgehead atoms. The molecule has 0 spiro atoms. The van der Waals surface area contributed by atoms with Gasteiger partial charge in [-0.05, 0) is 47.0 Å². The van der Waals surface area contributed by atoms with E-state index in [0.29, 0.717) is 16.9 Å². The zero-order chi connectivity index (χ0) is 22.0. The summed E-state index contributed by atoms with van der Waals surface area (Å²) in [5, 5.41) is 40.9. The van der Waals surface area contributed by atoms with Crippen molar-refractivity contribution in [3.8, 4) is 0 Å². The fourth-order valence-electron chi connectivity index (χ4n) is 3.85. The molecule has 1 aliphatic rings. The average molecular weight is 422 g/mol. The molecule has 3 rings (SSSR count). The van der Waals surface area contributed by atoms with Crippen LogP contribution in [0.5, 0.6) is 0 Å². The molecule has 1 saturated heterocycles. The lowest BCUT2D eigenvalue weighted by atomic mass is 10.1. The van der Waals surface area contributed by atoms with E-state index < -0.39 is 24.9 Å². The van der Waals surface area contributed by atoms with E-state index in [2.05, 4.69) is 24.8 Å². The van der Waals surface area contributed by atoms with Gasteiger partial charge in [0, 0.05) is 13.1 Å². The van der Waals surface area contributed by atoms with Crippen LogP contribution in [0, 0.1) is 0 Å². The van der Waals surface area contributed by atoms with E-state index in [9.17, 15) is 20.4 Å². The molecule has 2 aromatic rings. The van der Waals surface area contributed by atoms with Crippen molar-refractivity contribution in [2.24, 2.45) is 0 Å². The topological polar surface area (TPSA) is 142 Å². The predicted molar refractivity (Wildman–Crippen MR) is 113 cm³/mol. The van der Waals surface area contributed by atoms with Gasteiger partial charge in [0.15, 0.2) is 11.6 Å². The van der Waals surface area contributed by atoms with Gasteiger partial charge in [0.25, 0.3) is 0 Å². The Bertz CT molecular complexity index is 840. The van der Waals surface area contributed by atoms with Crippen molar-refractivity contribution < 1.29 is 20.4 Å². The molecule has 0 amide bonds. The molecule has 0 saturated carbocycles. The van der Waals surface area contributed by atoms with E-state index in [1.807, 2.05) is 0 Å². The minimum atomic E-state index is -1.05. The van der Waals surface area contributed by atoms with Crippen LogP contribution in [-0.2, 0) is 0 Å². The maximum atomic E-state index is 10.2. The molecule has 1 fully saturated rings. The number of hydrogen-bond donors (Lipinski definition) is 4. The van der Waals surface area contributed by atoms with Gasteiger partial charge in [-0.3, -0.25) is 4.90 Å². The van der Waals surface area contributed by atoms with Gasteiger partial charge in [-0.2, -0.15) is 4.98 Å². The smallest absolute Gasteiger partial charge is 0.232 e. The summed E-state index contributed by atoms with van der Waals surface area (Å²) in [7, 11) is 0. The molecule has 0 aliphatic carbocycles. The van der Waals surface area contributed by atoms with Crippen LogP contribution in [0.15, 0.2) is 6.33 Å². The van der Waals surface area contributed by atoms with Gasteiger partial charge in [-0.1, -0.05) is 0 Å². The summed E-state index contributed by atoms with van der Waals surface area (Å²) in [5.74, 6) is 0.920. The molecule has 1 aliphatic heterocycles. The molecule has 0 aromatic carbocycles. The largest absolute Gasteiger partial charge is 0.374 e. The third-order valence-corrected chi connectivity index (χ3v) is 5.17. The van der Waals surface area contributed by atoms with Crippen LogP contribution in [-0.4, -0.2) is 78.4 Å². The van der Waals surface area contributed by atoms with E-state index >= 15 is 0 Å². The van der Waals surface area contributed by atoms with Crippen molar-refractivity contribution >= 4 is 28.6 Å². The van der Waals surface area contributed by atoms with Crippen LogP contribution in [0.2, 0.25) is 0 Å². The van der Waals surface area contributed by atoms with Crippen molar-refractivity contribution in [2.75, 3.05) is 27.8 Å². The van der Waals surface area contributed by atoms with Crippen molar-refractivity contribution in [1.29, 1.82) is 0 Å². The molecule has 2 aromatic heterocycles. The normalized spacial score (nSPS) is 18.7. The highest BCUT2D eigenvalue weighted by atomic mass is 16.3. The number of rotatable bonds is 7. The number of nitrogens with zero attached hydrogens (tertiary/aromatic N) is 7. The van der Waals surface area contributed by atoms with Gasteiger partial charge in [-0.15, -0.1) is 0 Å². The van der Waals surface area contributed by atoms with Gasteiger partial charge in [0.05, 0.1) is 0 Å². The highest BCUT2D eigenvalue weighted by Crippen LogP contribution is 2.33. The first-order valence-electron chi connectivity index (χ1n) is 10.3. The predicted octanol–water partition coefficient (Wildman–Crippen LogP) is 0.376. The minimum absolute atomic E-state index is 0.111. The maximum absolute atomic E-state index is 10.2. The molecule has 0 radical (unpaired) electrons. The second kappa shape index (κ2) is 9.21. The first-order chi connectivity index (χ1) is 14.2. The molecule has 4 atom stereocenters. The first-order valence-corrected chi connectivity index (χ1v) is 10.3. The monoisotopic (exact) mass is 421 g/mol. The molecular weight excluding hydrogens is 390 g/mol. The summed E-state index contributed by atoms with van der Waals surface area (Å²) >= 11 is 0. The Morgan fingerprint density at radius 2 is 1.33 bits per heavy atom. The minimum Gasteiger partial charge on any atom is -0.374 e. The average Bonchev–Trinajstić information content (AvgIpc) is 2.67. The van der Waals surface area contributed by atoms with Crippen molar-refractivity contribution in [1.82, 2.24) is 19.9 Å². The lowest BCUT2D eigenvalue weighted by Gasteiger charge is -2.33. The second-order valence-corrected chi connectivity index (χ2v) is 7.63. The van der Waals surface area contributed by atoms with Crippen LogP contribution in [0.25, 0.3) is 11.0 Å². The molecule has 166 valence electrons. The maximum Gasteiger partial charge on any atom is 0.232 e. The molecule has 3 heterocycles. The Kier molecular flexibility index (Phi) is 6.86. The SMILES string of the molecule is CC(O)N(c1nc(N2CCCCC2)c2ncnc(N(C(C)O)C(C)O)c2n1)C(C)O. The summed E-state index contributed by atoms with van der Waals surface area (Å²) in [5.41, 5.74) is 0.796. The van der Waals surface area contributed by atoms with E-state index in [1.165, 1.54) is 43.8 Å². The quantitative estimate of drug-likeness (QED) is 0.461. The second-order valence-electron chi connectivity index (χ2n) is 7.63. The van der Waals surface area contributed by atoms with Crippen molar-refractivity contribution in [3.63, 3.8) is 0 Å². The zero-order valence-electron chi connectivity index (χ0n) is 17.8. The lowest BCUT2D eigenvalue weighted by Crippen LogP contribution is -2.43. The summed E-state index contributed by atoms with van der Waals surface area (Å²) in [6.07, 6.45) is 0.356. The summed E-state index contributed by atoms with van der Waals surface area (Å²) in [4.78, 5) is 22.5. The zero-order valence-corrected chi connectivity index (χ0v) is 17.8. The fraction of sp³-hybridized carbons (Fsp3) is 0.684. The molecule has 30 heavy (non-hydrogen) atoms. The van der Waals surface area contributed by atoms with E-state index in [4.69, 9.17) is 0 Å². The van der Waals surface area contributed by atoms with Crippen molar-refractivity contribution in [3.05, 3.63) is 6.33 Å². The summed E-state index contributed by atoms with van der Waals surface area (Å²) in [6, 6.07) is 0. The Morgan fingerprint density at radius 1 is 0.767 bits per heavy atom. The van der Waals surface area contributed by atoms with Gasteiger partial charge >= 0.3 is 0 Å². The number of aromatic nitrogens is 4. The van der Waals surface area contributed by atoms with Gasteiger partial charge < -0.3 is 30.2 Å². The Labute approximate surface area is 175 Å². The summed E-state index contributed by atoms with van der Waals surface area (Å²) < 4.78 is 0. The van der Waals surface area contributed by atoms with Crippen LogP contribution >= 0.6 is 0 Å². The third-order valence-electron chi connectivity index (χ3n) is 5.17. The Morgan fingerprint density at radius 3 is 1.87 bits per heavy atom. The highest BCUT2D eigenvalue weighted by Gasteiger charge is 2.28.